The molecule has 1 aromatic rings. The first-order chi connectivity index (χ1) is 6.99. The summed E-state index contributed by atoms with van der Waals surface area (Å²) in [6.45, 7) is 9.40. The molecule has 0 heterocycles. The van der Waals surface area contributed by atoms with Crippen molar-refractivity contribution in [3.63, 3.8) is 0 Å². The van der Waals surface area contributed by atoms with Gasteiger partial charge in [0.25, 0.3) is 0 Å². The Morgan fingerprint density at radius 2 is 1.80 bits per heavy atom. The number of benzene rings is 1. The molecule has 1 aliphatic rings. The van der Waals surface area contributed by atoms with Crippen LogP contribution in [0.25, 0.3) is 0 Å². The predicted octanol–water partition coefficient (Wildman–Crippen LogP) is 4.43. The first-order valence-electron chi connectivity index (χ1n) is 6.10. The Labute approximate surface area is 93.7 Å². The normalized spacial score (nSPS) is 18.9. The van der Waals surface area contributed by atoms with Crippen LogP contribution in [0.5, 0.6) is 0 Å². The largest absolute Gasteiger partial charge is 0.0646 e. The smallest absolute Gasteiger partial charge is 0.00717 e. The van der Waals surface area contributed by atoms with Gasteiger partial charge in [0.2, 0.25) is 0 Å². The van der Waals surface area contributed by atoms with Crippen molar-refractivity contribution in [2.45, 2.75) is 57.8 Å². The van der Waals surface area contributed by atoms with E-state index in [1.165, 1.54) is 19.3 Å². The van der Waals surface area contributed by atoms with Gasteiger partial charge >= 0.3 is 0 Å². The minimum atomic E-state index is 0.322. The van der Waals surface area contributed by atoms with Crippen LogP contribution in [0.1, 0.15) is 58.1 Å². The molecule has 0 spiro atoms. The standard InChI is InChI=1S/C15H22/c1-5-14(2,3)12-8-6-7-9-13(12)15(4)10-11-15/h6-9H,5,10-11H2,1-4H3. The lowest BCUT2D eigenvalue weighted by molar-refractivity contribution is 0.495. The summed E-state index contributed by atoms with van der Waals surface area (Å²) in [5.41, 5.74) is 3.97. The molecule has 0 amide bonds. The van der Waals surface area contributed by atoms with Gasteiger partial charge in [0.1, 0.15) is 0 Å². The molecule has 2 rings (SSSR count). The summed E-state index contributed by atoms with van der Waals surface area (Å²) in [5.74, 6) is 0. The van der Waals surface area contributed by atoms with Crippen molar-refractivity contribution >= 4 is 0 Å². The van der Waals surface area contributed by atoms with Crippen LogP contribution in [0.4, 0.5) is 0 Å². The van der Waals surface area contributed by atoms with E-state index in [2.05, 4.69) is 52.0 Å². The first kappa shape index (κ1) is 10.7. The highest BCUT2D eigenvalue weighted by molar-refractivity contribution is 5.41. The minimum absolute atomic E-state index is 0.322. The fourth-order valence-electron chi connectivity index (χ4n) is 2.25. The average molecular weight is 202 g/mol. The van der Waals surface area contributed by atoms with Crippen molar-refractivity contribution in [3.8, 4) is 0 Å². The van der Waals surface area contributed by atoms with E-state index in [0.29, 0.717) is 10.8 Å². The van der Waals surface area contributed by atoms with Crippen molar-refractivity contribution in [1.82, 2.24) is 0 Å². The van der Waals surface area contributed by atoms with Crippen LogP contribution >= 0.6 is 0 Å². The molecule has 0 unspecified atom stereocenters. The molecular weight excluding hydrogens is 180 g/mol. The van der Waals surface area contributed by atoms with E-state index in [1.54, 1.807) is 11.1 Å². The molecule has 1 fully saturated rings. The number of hydrogen-bond acceptors (Lipinski definition) is 0. The zero-order chi connectivity index (χ0) is 11.1. The van der Waals surface area contributed by atoms with Crippen LogP contribution in [0.3, 0.4) is 0 Å². The third-order valence-corrected chi connectivity index (χ3v) is 4.19. The van der Waals surface area contributed by atoms with E-state index in [4.69, 9.17) is 0 Å². The predicted molar refractivity (Wildman–Crippen MR) is 66.3 cm³/mol. The summed E-state index contributed by atoms with van der Waals surface area (Å²) in [6.07, 6.45) is 3.94. The topological polar surface area (TPSA) is 0 Å². The Morgan fingerprint density at radius 3 is 2.33 bits per heavy atom. The van der Waals surface area contributed by atoms with E-state index in [9.17, 15) is 0 Å². The van der Waals surface area contributed by atoms with Crippen molar-refractivity contribution in [1.29, 1.82) is 0 Å². The molecule has 1 aromatic carbocycles. The summed E-state index contributed by atoms with van der Waals surface area (Å²) < 4.78 is 0. The zero-order valence-corrected chi connectivity index (χ0v) is 10.4. The summed E-state index contributed by atoms with van der Waals surface area (Å²) in [6, 6.07) is 9.03. The van der Waals surface area contributed by atoms with Gasteiger partial charge in [0.15, 0.2) is 0 Å². The van der Waals surface area contributed by atoms with E-state index < -0.39 is 0 Å². The number of hydrogen-bond donors (Lipinski definition) is 0. The summed E-state index contributed by atoms with van der Waals surface area (Å²) in [5, 5.41) is 0. The first-order valence-corrected chi connectivity index (χ1v) is 6.10. The van der Waals surface area contributed by atoms with Gasteiger partial charge in [-0.25, -0.2) is 0 Å². The molecule has 0 nitrogen and oxygen atoms in total. The molecule has 0 aliphatic heterocycles. The second-order valence-corrected chi connectivity index (χ2v) is 5.84. The monoisotopic (exact) mass is 202 g/mol. The Balaban J connectivity index is 2.47. The Bertz CT molecular complexity index is 356. The molecule has 0 atom stereocenters. The molecule has 15 heavy (non-hydrogen) atoms. The minimum Gasteiger partial charge on any atom is -0.0646 e. The molecule has 0 N–H and O–H groups in total. The van der Waals surface area contributed by atoms with Crippen LogP contribution in [-0.4, -0.2) is 0 Å². The summed E-state index contributed by atoms with van der Waals surface area (Å²) in [7, 11) is 0. The molecule has 0 bridgehead atoms. The highest BCUT2D eigenvalue weighted by atomic mass is 14.5. The van der Waals surface area contributed by atoms with Crippen LogP contribution in [-0.2, 0) is 10.8 Å². The molecular formula is C15H22. The molecule has 0 saturated heterocycles. The van der Waals surface area contributed by atoms with Gasteiger partial charge < -0.3 is 0 Å². The van der Waals surface area contributed by atoms with Gasteiger partial charge in [-0.2, -0.15) is 0 Å². The fourth-order valence-corrected chi connectivity index (χ4v) is 2.25. The maximum Gasteiger partial charge on any atom is -0.00717 e. The maximum atomic E-state index is 2.40. The molecule has 0 heteroatoms. The second-order valence-electron chi connectivity index (χ2n) is 5.84. The second kappa shape index (κ2) is 3.37. The van der Waals surface area contributed by atoms with Gasteiger partial charge in [-0.1, -0.05) is 52.0 Å². The van der Waals surface area contributed by atoms with Crippen LogP contribution < -0.4 is 0 Å². The molecule has 0 radical (unpaired) electrons. The molecule has 1 saturated carbocycles. The zero-order valence-electron chi connectivity index (χ0n) is 10.4. The summed E-state index contributed by atoms with van der Waals surface area (Å²) >= 11 is 0. The van der Waals surface area contributed by atoms with Crippen LogP contribution in [0.15, 0.2) is 24.3 Å². The van der Waals surface area contributed by atoms with Gasteiger partial charge in [0, 0.05) is 0 Å². The Morgan fingerprint density at radius 1 is 1.20 bits per heavy atom. The number of rotatable bonds is 3. The van der Waals surface area contributed by atoms with Crippen molar-refractivity contribution < 1.29 is 0 Å². The maximum absolute atomic E-state index is 2.40. The molecule has 1 aliphatic carbocycles. The van der Waals surface area contributed by atoms with Crippen molar-refractivity contribution in [2.75, 3.05) is 0 Å². The van der Waals surface area contributed by atoms with E-state index >= 15 is 0 Å². The van der Waals surface area contributed by atoms with E-state index in [-0.39, 0.29) is 0 Å². The lowest BCUT2D eigenvalue weighted by atomic mass is 9.76. The van der Waals surface area contributed by atoms with Gasteiger partial charge in [-0.3, -0.25) is 0 Å². The fraction of sp³-hybridized carbons (Fsp3) is 0.600. The Hall–Kier alpha value is -0.780. The molecule has 82 valence electrons. The SMILES string of the molecule is CCC(C)(C)c1ccccc1C1(C)CC1. The van der Waals surface area contributed by atoms with Crippen LogP contribution in [0.2, 0.25) is 0 Å². The van der Waals surface area contributed by atoms with Crippen molar-refractivity contribution in [3.05, 3.63) is 35.4 Å². The van der Waals surface area contributed by atoms with Crippen LogP contribution in [0, 0.1) is 0 Å². The Kier molecular flexibility index (Phi) is 2.41. The van der Waals surface area contributed by atoms with E-state index in [1.807, 2.05) is 0 Å². The van der Waals surface area contributed by atoms with Gasteiger partial charge in [-0.05, 0) is 41.2 Å². The average Bonchev–Trinajstić information content (AvgIpc) is 2.98. The van der Waals surface area contributed by atoms with Gasteiger partial charge in [0.05, 0.1) is 0 Å². The van der Waals surface area contributed by atoms with Gasteiger partial charge in [-0.15, -0.1) is 0 Å². The lowest BCUT2D eigenvalue weighted by Gasteiger charge is -2.28. The van der Waals surface area contributed by atoms with Crippen molar-refractivity contribution in [2.24, 2.45) is 0 Å². The third-order valence-electron chi connectivity index (χ3n) is 4.19. The summed E-state index contributed by atoms with van der Waals surface area (Å²) in [4.78, 5) is 0. The van der Waals surface area contributed by atoms with E-state index in [0.717, 1.165) is 0 Å². The highest BCUT2D eigenvalue weighted by Crippen LogP contribution is 2.50. The highest BCUT2D eigenvalue weighted by Gasteiger charge is 2.41. The lowest BCUT2D eigenvalue weighted by Crippen LogP contribution is -2.20. The quantitative estimate of drug-likeness (QED) is 0.680. The molecule has 0 aromatic heterocycles. The third kappa shape index (κ3) is 1.82.